The number of hydrogen-bond acceptors (Lipinski definition) is 7. The van der Waals surface area contributed by atoms with Crippen molar-refractivity contribution in [3.63, 3.8) is 0 Å². The number of benzene rings is 1. The number of nitrogens with zero attached hydrogens (tertiary/aromatic N) is 2. The van der Waals surface area contributed by atoms with Crippen molar-refractivity contribution in [2.24, 2.45) is 0 Å². The summed E-state index contributed by atoms with van der Waals surface area (Å²) in [6, 6.07) is 1.65. The summed E-state index contributed by atoms with van der Waals surface area (Å²) >= 11 is 9.63. The van der Waals surface area contributed by atoms with Gasteiger partial charge in [0, 0.05) is 18.7 Å². The van der Waals surface area contributed by atoms with E-state index in [0.29, 0.717) is 42.2 Å². The summed E-state index contributed by atoms with van der Waals surface area (Å²) in [6.45, 7) is 1.69. The van der Waals surface area contributed by atoms with Gasteiger partial charge in [-0.25, -0.2) is 4.98 Å². The zero-order chi connectivity index (χ0) is 18.9. The predicted molar refractivity (Wildman–Crippen MR) is 99.9 cm³/mol. The van der Waals surface area contributed by atoms with E-state index in [1.54, 1.807) is 20.3 Å². The largest absolute Gasteiger partial charge is 0.465 e. The second-order valence-electron chi connectivity index (χ2n) is 5.11. The third kappa shape index (κ3) is 5.38. The molecule has 0 saturated heterocycles. The number of halogens is 2. The fourth-order valence-electron chi connectivity index (χ4n) is 2.05. The molecule has 0 saturated carbocycles. The summed E-state index contributed by atoms with van der Waals surface area (Å²) in [6.07, 6.45) is 1.39. The highest BCUT2D eigenvalue weighted by molar-refractivity contribution is 9.10. The topological polar surface area (TPSA) is 81.0 Å². The zero-order valence-electron chi connectivity index (χ0n) is 14.5. The third-order valence-corrected chi connectivity index (χ3v) is 4.60. The van der Waals surface area contributed by atoms with Crippen LogP contribution in [-0.2, 0) is 25.7 Å². The molecule has 0 amide bonds. The highest BCUT2D eigenvalue weighted by atomic mass is 79.9. The molecule has 1 aromatic carbocycles. The first-order chi connectivity index (χ1) is 12.6. The molecule has 0 fully saturated rings. The van der Waals surface area contributed by atoms with Crippen LogP contribution in [0.3, 0.4) is 0 Å². The SMILES string of the molecule is COCCOCOc1cc(Br)c(Cl)c2c(=O)n(COCCOC)cnc12. The summed E-state index contributed by atoms with van der Waals surface area (Å²) in [5.41, 5.74) is 0.0237. The number of methoxy groups -OCH3 is 2. The van der Waals surface area contributed by atoms with Crippen LogP contribution in [0.4, 0.5) is 0 Å². The molecule has 1 heterocycles. The molecular weight excluding hydrogens is 432 g/mol. The molecule has 0 aliphatic carbocycles. The molecule has 0 bridgehead atoms. The van der Waals surface area contributed by atoms with Gasteiger partial charge in [0.2, 0.25) is 0 Å². The Bertz CT molecular complexity index is 785. The first-order valence-corrected chi connectivity index (χ1v) is 8.90. The van der Waals surface area contributed by atoms with E-state index in [4.69, 9.17) is 35.3 Å². The Kier molecular flexibility index (Phi) is 8.76. The fraction of sp³-hybridized carbons (Fsp3) is 0.500. The van der Waals surface area contributed by atoms with Gasteiger partial charge in [0.1, 0.15) is 24.3 Å². The molecule has 26 heavy (non-hydrogen) atoms. The lowest BCUT2D eigenvalue weighted by molar-refractivity contribution is -0.00792. The van der Waals surface area contributed by atoms with Crippen LogP contribution in [-0.4, -0.2) is 57.0 Å². The van der Waals surface area contributed by atoms with E-state index in [0.717, 1.165) is 0 Å². The van der Waals surface area contributed by atoms with Gasteiger partial charge in [-0.15, -0.1) is 0 Å². The summed E-state index contributed by atoms with van der Waals surface area (Å²) < 4.78 is 27.9. The second kappa shape index (κ2) is 10.8. The maximum Gasteiger partial charge on any atom is 0.264 e. The van der Waals surface area contributed by atoms with Crippen LogP contribution in [0.2, 0.25) is 5.02 Å². The summed E-state index contributed by atoms with van der Waals surface area (Å²) in [4.78, 5) is 17.0. The highest BCUT2D eigenvalue weighted by Crippen LogP contribution is 2.34. The molecule has 0 aliphatic heterocycles. The van der Waals surface area contributed by atoms with E-state index in [2.05, 4.69) is 20.9 Å². The average Bonchev–Trinajstić information content (AvgIpc) is 2.63. The van der Waals surface area contributed by atoms with E-state index >= 15 is 0 Å². The van der Waals surface area contributed by atoms with Crippen molar-refractivity contribution in [1.82, 2.24) is 9.55 Å². The first kappa shape index (κ1) is 21.1. The minimum atomic E-state index is -0.330. The Morgan fingerprint density at radius 1 is 1.15 bits per heavy atom. The highest BCUT2D eigenvalue weighted by Gasteiger charge is 2.16. The molecule has 0 atom stereocenters. The normalized spacial score (nSPS) is 11.2. The molecule has 1 aromatic heterocycles. The maximum atomic E-state index is 12.7. The molecule has 2 aromatic rings. The van der Waals surface area contributed by atoms with Crippen molar-refractivity contribution in [2.75, 3.05) is 47.4 Å². The molecule has 0 N–H and O–H groups in total. The quantitative estimate of drug-likeness (QED) is 0.383. The Morgan fingerprint density at radius 3 is 2.54 bits per heavy atom. The minimum absolute atomic E-state index is 0.00255. The van der Waals surface area contributed by atoms with Crippen molar-refractivity contribution in [3.8, 4) is 5.75 Å². The zero-order valence-corrected chi connectivity index (χ0v) is 16.8. The molecule has 10 heteroatoms. The molecular formula is C16H20BrClN2O6. The lowest BCUT2D eigenvalue weighted by atomic mass is 10.2. The van der Waals surface area contributed by atoms with E-state index in [1.807, 2.05) is 0 Å². The molecule has 144 valence electrons. The second-order valence-corrected chi connectivity index (χ2v) is 6.34. The number of ether oxygens (including phenoxy) is 5. The Labute approximate surface area is 164 Å². The van der Waals surface area contributed by atoms with Gasteiger partial charge in [0.25, 0.3) is 5.56 Å². The van der Waals surface area contributed by atoms with Gasteiger partial charge in [-0.1, -0.05) is 11.6 Å². The van der Waals surface area contributed by atoms with Crippen LogP contribution in [0.5, 0.6) is 5.75 Å². The smallest absolute Gasteiger partial charge is 0.264 e. The van der Waals surface area contributed by atoms with E-state index in [-0.39, 0.29) is 29.5 Å². The van der Waals surface area contributed by atoms with Crippen LogP contribution in [0, 0.1) is 0 Å². The van der Waals surface area contributed by atoms with Crippen molar-refractivity contribution < 1.29 is 23.7 Å². The molecule has 0 aliphatic rings. The van der Waals surface area contributed by atoms with Gasteiger partial charge in [0.15, 0.2) is 6.79 Å². The van der Waals surface area contributed by atoms with Crippen molar-refractivity contribution in [2.45, 2.75) is 6.73 Å². The average molecular weight is 452 g/mol. The molecule has 8 nitrogen and oxygen atoms in total. The van der Waals surface area contributed by atoms with Crippen LogP contribution in [0.1, 0.15) is 0 Å². The summed E-state index contributed by atoms with van der Waals surface area (Å²) in [5.74, 6) is 0.387. The molecule has 0 radical (unpaired) electrons. The molecule has 0 spiro atoms. The van der Waals surface area contributed by atoms with Gasteiger partial charge >= 0.3 is 0 Å². The lowest BCUT2D eigenvalue weighted by Gasteiger charge is -2.13. The number of rotatable bonds is 11. The van der Waals surface area contributed by atoms with Crippen molar-refractivity contribution >= 4 is 38.4 Å². The molecule has 2 rings (SSSR count). The number of hydrogen-bond donors (Lipinski definition) is 0. The van der Waals surface area contributed by atoms with Crippen LogP contribution < -0.4 is 10.3 Å². The standard InChI is InChI=1S/C16H20BrClN2O6/c1-22-3-5-24-9-20-8-19-15-12(26-10-25-6-4-23-2)7-11(17)14(18)13(15)16(20)21/h7-8H,3-6,9-10H2,1-2H3. The predicted octanol–water partition coefficient (Wildman–Crippen LogP) is 2.43. The van der Waals surface area contributed by atoms with Gasteiger partial charge in [0.05, 0.1) is 36.8 Å². The number of fused-ring (bicyclic) bond motifs is 1. The lowest BCUT2D eigenvalue weighted by Crippen LogP contribution is -2.23. The van der Waals surface area contributed by atoms with Crippen molar-refractivity contribution in [3.05, 3.63) is 32.2 Å². The van der Waals surface area contributed by atoms with E-state index in [1.165, 1.54) is 10.9 Å². The Morgan fingerprint density at radius 2 is 1.85 bits per heavy atom. The van der Waals surface area contributed by atoms with Gasteiger partial charge in [-0.2, -0.15) is 0 Å². The van der Waals surface area contributed by atoms with Gasteiger partial charge in [-0.3, -0.25) is 9.36 Å². The Balaban J connectivity index is 2.25. The molecule has 0 unspecified atom stereocenters. The first-order valence-electron chi connectivity index (χ1n) is 7.73. The van der Waals surface area contributed by atoms with E-state index in [9.17, 15) is 4.79 Å². The van der Waals surface area contributed by atoms with Crippen LogP contribution in [0.15, 0.2) is 21.7 Å². The van der Waals surface area contributed by atoms with E-state index < -0.39 is 0 Å². The number of aromatic nitrogens is 2. The summed E-state index contributed by atoms with van der Waals surface area (Å²) in [5, 5.41) is 0.502. The monoisotopic (exact) mass is 450 g/mol. The fourth-order valence-corrected chi connectivity index (χ4v) is 2.68. The van der Waals surface area contributed by atoms with Crippen molar-refractivity contribution in [1.29, 1.82) is 0 Å². The van der Waals surface area contributed by atoms with Gasteiger partial charge in [-0.05, 0) is 22.0 Å². The minimum Gasteiger partial charge on any atom is -0.465 e. The Hall–Kier alpha value is -1.23. The van der Waals surface area contributed by atoms with Crippen LogP contribution in [0.25, 0.3) is 10.9 Å². The maximum absolute atomic E-state index is 12.7. The third-order valence-electron chi connectivity index (χ3n) is 3.35. The van der Waals surface area contributed by atoms with Crippen LogP contribution >= 0.6 is 27.5 Å². The van der Waals surface area contributed by atoms with Gasteiger partial charge < -0.3 is 23.7 Å². The summed E-state index contributed by atoms with van der Waals surface area (Å²) in [7, 11) is 3.16.